The molecular formula is C13H16N2O4. The Morgan fingerprint density at radius 3 is 2.89 bits per heavy atom. The number of H-pyrrole nitrogens is 1. The van der Waals surface area contributed by atoms with Gasteiger partial charge in [0.15, 0.2) is 5.58 Å². The summed E-state index contributed by atoms with van der Waals surface area (Å²) in [5.74, 6) is -1.36. The molecule has 0 saturated carbocycles. The second-order valence-electron chi connectivity index (χ2n) is 5.11. The summed E-state index contributed by atoms with van der Waals surface area (Å²) >= 11 is 0. The van der Waals surface area contributed by atoms with Crippen LogP contribution in [0.15, 0.2) is 27.4 Å². The number of oxazole rings is 1. The van der Waals surface area contributed by atoms with Crippen molar-refractivity contribution in [1.29, 1.82) is 0 Å². The second-order valence-corrected chi connectivity index (χ2v) is 5.11. The molecule has 2 aromatic rings. The molecule has 0 radical (unpaired) electrons. The van der Waals surface area contributed by atoms with Crippen molar-refractivity contribution >= 4 is 17.1 Å². The Morgan fingerprint density at radius 2 is 2.21 bits per heavy atom. The number of fused-ring (bicyclic) bond motifs is 1. The molecule has 1 aromatic heterocycles. The fourth-order valence-corrected chi connectivity index (χ4v) is 1.95. The standard InChI is InChI=1S/C13H16N2O4/c1-13(2,7-14-6-11(16)17)8-3-4-9-10(5-8)19-12(18)15-9/h3-5,14H,6-7H2,1-2H3,(H,15,18)(H,16,17). The van der Waals surface area contributed by atoms with E-state index in [0.29, 0.717) is 17.6 Å². The Bertz CT molecular complexity index is 654. The Hall–Kier alpha value is -2.08. The van der Waals surface area contributed by atoms with Crippen molar-refractivity contribution in [3.8, 4) is 0 Å². The topological polar surface area (TPSA) is 95.3 Å². The summed E-state index contributed by atoms with van der Waals surface area (Å²) in [4.78, 5) is 24.2. The quantitative estimate of drug-likeness (QED) is 0.751. The summed E-state index contributed by atoms with van der Waals surface area (Å²) in [5, 5.41) is 11.5. The number of aliphatic carboxylic acids is 1. The van der Waals surface area contributed by atoms with Gasteiger partial charge in [-0.1, -0.05) is 19.9 Å². The van der Waals surface area contributed by atoms with Gasteiger partial charge in [-0.3, -0.25) is 9.78 Å². The molecule has 0 atom stereocenters. The first-order valence-electron chi connectivity index (χ1n) is 5.94. The molecule has 6 nitrogen and oxygen atoms in total. The van der Waals surface area contributed by atoms with Gasteiger partial charge in [-0.05, 0) is 17.7 Å². The van der Waals surface area contributed by atoms with Gasteiger partial charge in [-0.2, -0.15) is 0 Å². The molecule has 0 aliphatic rings. The summed E-state index contributed by atoms with van der Waals surface area (Å²) in [5.41, 5.74) is 1.87. The molecule has 0 aliphatic heterocycles. The van der Waals surface area contributed by atoms with Gasteiger partial charge < -0.3 is 14.8 Å². The van der Waals surface area contributed by atoms with Crippen molar-refractivity contribution in [2.45, 2.75) is 19.3 Å². The van der Waals surface area contributed by atoms with Crippen molar-refractivity contribution in [3.05, 3.63) is 34.3 Å². The molecule has 0 amide bonds. The molecule has 0 unspecified atom stereocenters. The Balaban J connectivity index is 2.21. The van der Waals surface area contributed by atoms with Gasteiger partial charge in [0.2, 0.25) is 0 Å². The van der Waals surface area contributed by atoms with E-state index in [-0.39, 0.29) is 12.0 Å². The number of carbonyl (C=O) groups is 1. The predicted molar refractivity (Wildman–Crippen MR) is 70.4 cm³/mol. The van der Waals surface area contributed by atoms with Gasteiger partial charge >= 0.3 is 11.7 Å². The number of rotatable bonds is 5. The first-order chi connectivity index (χ1) is 8.88. The van der Waals surface area contributed by atoms with E-state index in [1.54, 1.807) is 12.1 Å². The number of carboxylic acids is 1. The molecule has 6 heteroatoms. The third kappa shape index (κ3) is 3.03. The van der Waals surface area contributed by atoms with E-state index in [1.807, 2.05) is 19.9 Å². The molecule has 0 aliphatic carbocycles. The van der Waals surface area contributed by atoms with Crippen molar-refractivity contribution in [1.82, 2.24) is 10.3 Å². The van der Waals surface area contributed by atoms with Crippen LogP contribution in [0.3, 0.4) is 0 Å². The number of benzene rings is 1. The fraction of sp³-hybridized carbons (Fsp3) is 0.385. The predicted octanol–water partition coefficient (Wildman–Crippen LogP) is 1.07. The molecule has 3 N–H and O–H groups in total. The monoisotopic (exact) mass is 264 g/mol. The van der Waals surface area contributed by atoms with E-state index < -0.39 is 11.7 Å². The van der Waals surface area contributed by atoms with Gasteiger partial charge in [-0.15, -0.1) is 0 Å². The van der Waals surface area contributed by atoms with Crippen LogP contribution in [-0.2, 0) is 10.2 Å². The average Bonchev–Trinajstić information content (AvgIpc) is 2.67. The number of carboxylic acid groups (broad SMARTS) is 1. The Kier molecular flexibility index (Phi) is 3.44. The van der Waals surface area contributed by atoms with Crippen LogP contribution >= 0.6 is 0 Å². The summed E-state index contributed by atoms with van der Waals surface area (Å²) in [6, 6.07) is 5.49. The van der Waals surface area contributed by atoms with E-state index in [1.165, 1.54) is 0 Å². The van der Waals surface area contributed by atoms with Gasteiger partial charge in [0.25, 0.3) is 0 Å². The highest BCUT2D eigenvalue weighted by Crippen LogP contribution is 2.25. The highest BCUT2D eigenvalue weighted by atomic mass is 16.4. The molecule has 0 bridgehead atoms. The van der Waals surface area contributed by atoms with E-state index in [0.717, 1.165) is 5.56 Å². The van der Waals surface area contributed by atoms with E-state index >= 15 is 0 Å². The fourth-order valence-electron chi connectivity index (χ4n) is 1.95. The summed E-state index contributed by atoms with van der Waals surface area (Å²) in [6.45, 7) is 4.42. The van der Waals surface area contributed by atoms with Crippen LogP contribution in [-0.4, -0.2) is 29.1 Å². The molecular weight excluding hydrogens is 248 g/mol. The largest absolute Gasteiger partial charge is 0.480 e. The maximum Gasteiger partial charge on any atom is 0.417 e. The third-order valence-electron chi connectivity index (χ3n) is 3.05. The minimum Gasteiger partial charge on any atom is -0.480 e. The molecule has 19 heavy (non-hydrogen) atoms. The maximum absolute atomic E-state index is 11.1. The molecule has 102 valence electrons. The molecule has 1 aromatic carbocycles. The Labute approximate surface area is 109 Å². The number of hydrogen-bond donors (Lipinski definition) is 3. The first-order valence-corrected chi connectivity index (χ1v) is 5.94. The van der Waals surface area contributed by atoms with Gasteiger partial charge in [0.05, 0.1) is 12.1 Å². The molecule has 0 fully saturated rings. The smallest absolute Gasteiger partial charge is 0.417 e. The van der Waals surface area contributed by atoms with Crippen molar-refractivity contribution in [2.24, 2.45) is 0 Å². The number of aromatic amines is 1. The third-order valence-corrected chi connectivity index (χ3v) is 3.05. The van der Waals surface area contributed by atoms with Crippen LogP contribution in [0.5, 0.6) is 0 Å². The van der Waals surface area contributed by atoms with Crippen LogP contribution in [0, 0.1) is 0 Å². The molecule has 2 rings (SSSR count). The second kappa shape index (κ2) is 4.89. The van der Waals surface area contributed by atoms with Gasteiger partial charge in [-0.25, -0.2) is 4.79 Å². The molecule has 0 spiro atoms. The lowest BCUT2D eigenvalue weighted by Crippen LogP contribution is -2.35. The number of nitrogens with one attached hydrogen (secondary N) is 2. The minimum absolute atomic E-state index is 0.0785. The van der Waals surface area contributed by atoms with Crippen LogP contribution in [0.2, 0.25) is 0 Å². The van der Waals surface area contributed by atoms with Crippen LogP contribution in [0.1, 0.15) is 19.4 Å². The zero-order chi connectivity index (χ0) is 14.0. The van der Waals surface area contributed by atoms with Crippen molar-refractivity contribution < 1.29 is 14.3 Å². The zero-order valence-electron chi connectivity index (χ0n) is 10.8. The van der Waals surface area contributed by atoms with E-state index in [4.69, 9.17) is 9.52 Å². The van der Waals surface area contributed by atoms with Crippen LogP contribution in [0.4, 0.5) is 0 Å². The van der Waals surface area contributed by atoms with Gasteiger partial charge in [0.1, 0.15) is 0 Å². The number of hydrogen-bond acceptors (Lipinski definition) is 4. The maximum atomic E-state index is 11.1. The summed E-state index contributed by atoms with van der Waals surface area (Å²) < 4.78 is 5.02. The van der Waals surface area contributed by atoms with E-state index in [9.17, 15) is 9.59 Å². The van der Waals surface area contributed by atoms with Crippen molar-refractivity contribution in [3.63, 3.8) is 0 Å². The lowest BCUT2D eigenvalue weighted by molar-refractivity contribution is -0.136. The van der Waals surface area contributed by atoms with Crippen LogP contribution < -0.4 is 11.1 Å². The minimum atomic E-state index is -0.886. The highest BCUT2D eigenvalue weighted by molar-refractivity contribution is 5.73. The average molecular weight is 264 g/mol. The first kappa shape index (κ1) is 13.4. The SMILES string of the molecule is CC(C)(CNCC(=O)O)c1ccc2[nH]c(=O)oc2c1. The summed E-state index contributed by atoms with van der Waals surface area (Å²) in [7, 11) is 0. The lowest BCUT2D eigenvalue weighted by Gasteiger charge is -2.25. The van der Waals surface area contributed by atoms with Crippen molar-refractivity contribution in [2.75, 3.05) is 13.1 Å². The summed E-state index contributed by atoms with van der Waals surface area (Å²) in [6.07, 6.45) is 0. The van der Waals surface area contributed by atoms with Gasteiger partial charge in [0, 0.05) is 12.0 Å². The number of aromatic nitrogens is 1. The van der Waals surface area contributed by atoms with Crippen LogP contribution in [0.25, 0.3) is 11.1 Å². The lowest BCUT2D eigenvalue weighted by atomic mass is 9.84. The van der Waals surface area contributed by atoms with E-state index in [2.05, 4.69) is 10.3 Å². The zero-order valence-corrected chi connectivity index (χ0v) is 10.8. The molecule has 1 heterocycles. The normalized spacial score (nSPS) is 11.9. The Morgan fingerprint density at radius 1 is 1.47 bits per heavy atom. The highest BCUT2D eigenvalue weighted by Gasteiger charge is 2.21. The molecule has 0 saturated heterocycles.